The van der Waals surface area contributed by atoms with Gasteiger partial charge in [-0.1, -0.05) is 60.7 Å². The second-order valence-corrected chi connectivity index (χ2v) is 6.10. The highest BCUT2D eigenvalue weighted by Crippen LogP contribution is 2.27. The maximum atomic E-state index is 11.6. The van der Waals surface area contributed by atoms with Gasteiger partial charge in [0, 0.05) is 24.7 Å². The number of aromatic nitrogens is 1. The summed E-state index contributed by atoms with van der Waals surface area (Å²) in [6, 6.07) is 22.4. The van der Waals surface area contributed by atoms with Crippen LogP contribution in [0.25, 0.3) is 0 Å². The van der Waals surface area contributed by atoms with Crippen molar-refractivity contribution in [2.24, 2.45) is 5.73 Å². The van der Waals surface area contributed by atoms with Crippen LogP contribution < -0.4 is 5.73 Å². The molecule has 3 nitrogen and oxygen atoms in total. The molecule has 25 heavy (non-hydrogen) atoms. The number of primary amides is 1. The number of amides is 1. The number of benzene rings is 2. The summed E-state index contributed by atoms with van der Waals surface area (Å²) in [4.78, 5) is 15.8. The van der Waals surface area contributed by atoms with Crippen molar-refractivity contribution in [2.45, 2.75) is 19.3 Å². The van der Waals surface area contributed by atoms with E-state index >= 15 is 0 Å². The molecule has 125 valence electrons. The third-order valence-corrected chi connectivity index (χ3v) is 4.16. The molecule has 0 unspecified atom stereocenters. The Labute approximate surface area is 148 Å². The van der Waals surface area contributed by atoms with E-state index in [1.165, 1.54) is 11.1 Å². The first-order valence-corrected chi connectivity index (χ1v) is 8.36. The Morgan fingerprint density at radius 1 is 0.880 bits per heavy atom. The van der Waals surface area contributed by atoms with E-state index in [1.54, 1.807) is 6.20 Å². The van der Waals surface area contributed by atoms with E-state index in [-0.39, 0.29) is 12.3 Å². The second kappa shape index (κ2) is 8.25. The maximum Gasteiger partial charge on any atom is 0.218 e. The molecule has 0 bridgehead atoms. The quantitative estimate of drug-likeness (QED) is 0.718. The van der Waals surface area contributed by atoms with E-state index in [9.17, 15) is 4.79 Å². The van der Waals surface area contributed by atoms with Crippen LogP contribution >= 0.6 is 0 Å². The van der Waals surface area contributed by atoms with Crippen LogP contribution in [0.4, 0.5) is 0 Å². The van der Waals surface area contributed by atoms with Crippen LogP contribution in [0.15, 0.2) is 79.1 Å². The van der Waals surface area contributed by atoms with Crippen molar-refractivity contribution in [2.75, 3.05) is 0 Å². The number of nitrogens with two attached hydrogens (primary N) is 1. The summed E-state index contributed by atoms with van der Waals surface area (Å²) in [5.74, 6) is 0.750. The minimum atomic E-state index is -0.304. The van der Waals surface area contributed by atoms with Gasteiger partial charge in [-0.25, -0.2) is 0 Å². The van der Waals surface area contributed by atoms with E-state index in [2.05, 4.69) is 35.3 Å². The first-order valence-electron chi connectivity index (χ1n) is 8.36. The van der Waals surface area contributed by atoms with E-state index in [1.807, 2.05) is 42.6 Å². The van der Waals surface area contributed by atoms with Crippen LogP contribution in [0.2, 0.25) is 0 Å². The zero-order chi connectivity index (χ0) is 17.5. The summed E-state index contributed by atoms with van der Waals surface area (Å²) in [6.07, 6.45) is 5.41. The smallest absolute Gasteiger partial charge is 0.218 e. The largest absolute Gasteiger partial charge is 0.370 e. The zero-order valence-electron chi connectivity index (χ0n) is 14.1. The fourth-order valence-corrected chi connectivity index (χ4v) is 3.05. The molecule has 2 N–H and O–H groups in total. The van der Waals surface area contributed by atoms with Gasteiger partial charge in [0.1, 0.15) is 0 Å². The van der Waals surface area contributed by atoms with E-state index in [0.29, 0.717) is 6.42 Å². The van der Waals surface area contributed by atoms with E-state index in [4.69, 9.17) is 5.73 Å². The van der Waals surface area contributed by atoms with Crippen LogP contribution in [0.3, 0.4) is 0 Å². The Hall–Kier alpha value is -2.94. The van der Waals surface area contributed by atoms with Crippen molar-refractivity contribution in [3.8, 4) is 0 Å². The number of nitrogens with zero attached hydrogens (tertiary/aromatic N) is 1. The molecule has 1 radical (unpaired) electrons. The molecule has 0 atom stereocenters. The fourth-order valence-electron chi connectivity index (χ4n) is 3.05. The standard InChI is InChI=1S/C22H21N2O/c23-22(25)15-20(13-17-7-2-1-3-8-17)21-11-5-4-10-19(21)14-18-9-6-12-24-16-18/h1-12,16H,13-15H2,(H2,23,25). The fraction of sp³-hybridized carbons (Fsp3) is 0.136. The van der Waals surface area contributed by atoms with Crippen molar-refractivity contribution in [1.82, 2.24) is 4.98 Å². The molecule has 0 aliphatic carbocycles. The van der Waals surface area contributed by atoms with Crippen LogP contribution in [-0.2, 0) is 17.6 Å². The van der Waals surface area contributed by atoms with Gasteiger partial charge in [0.05, 0.1) is 0 Å². The van der Waals surface area contributed by atoms with Gasteiger partial charge in [-0.15, -0.1) is 0 Å². The summed E-state index contributed by atoms with van der Waals surface area (Å²) in [5, 5.41) is 0. The number of rotatable bonds is 7. The Balaban J connectivity index is 1.91. The van der Waals surface area contributed by atoms with Gasteiger partial charge in [-0.2, -0.15) is 0 Å². The summed E-state index contributed by atoms with van der Waals surface area (Å²) in [5.41, 5.74) is 10.1. The normalized spacial score (nSPS) is 10.8. The lowest BCUT2D eigenvalue weighted by Crippen LogP contribution is -2.18. The Morgan fingerprint density at radius 2 is 1.60 bits per heavy atom. The van der Waals surface area contributed by atoms with Crippen LogP contribution in [0, 0.1) is 5.92 Å². The summed E-state index contributed by atoms with van der Waals surface area (Å²) in [6.45, 7) is 0. The molecule has 0 aliphatic heterocycles. The third-order valence-electron chi connectivity index (χ3n) is 4.16. The van der Waals surface area contributed by atoms with Gasteiger partial charge in [0.25, 0.3) is 0 Å². The lowest BCUT2D eigenvalue weighted by atomic mass is 9.85. The molecule has 3 rings (SSSR count). The molecular weight excluding hydrogens is 308 g/mol. The van der Waals surface area contributed by atoms with Crippen LogP contribution in [-0.4, -0.2) is 10.9 Å². The van der Waals surface area contributed by atoms with Gasteiger partial charge in [0.15, 0.2) is 0 Å². The minimum Gasteiger partial charge on any atom is -0.370 e. The van der Waals surface area contributed by atoms with Crippen molar-refractivity contribution < 1.29 is 4.79 Å². The van der Waals surface area contributed by atoms with Gasteiger partial charge in [-0.3, -0.25) is 9.78 Å². The molecule has 2 aromatic carbocycles. The Bertz CT molecular complexity index is 816. The maximum absolute atomic E-state index is 11.6. The Morgan fingerprint density at radius 3 is 2.32 bits per heavy atom. The SMILES string of the molecule is NC(=O)C[C](Cc1ccccc1)c1ccccc1Cc1cccnc1. The van der Waals surface area contributed by atoms with Gasteiger partial charge in [0.2, 0.25) is 5.91 Å². The second-order valence-electron chi connectivity index (χ2n) is 6.10. The van der Waals surface area contributed by atoms with Crippen LogP contribution in [0.5, 0.6) is 0 Å². The highest BCUT2D eigenvalue weighted by atomic mass is 16.1. The predicted octanol–water partition coefficient (Wildman–Crippen LogP) is 3.71. The average Bonchev–Trinajstić information content (AvgIpc) is 2.63. The van der Waals surface area contributed by atoms with Crippen molar-refractivity contribution in [3.63, 3.8) is 0 Å². The molecule has 1 aromatic heterocycles. The first-order chi connectivity index (χ1) is 12.2. The van der Waals surface area contributed by atoms with Gasteiger partial charge >= 0.3 is 0 Å². The third kappa shape index (κ3) is 4.77. The molecule has 0 spiro atoms. The van der Waals surface area contributed by atoms with Crippen molar-refractivity contribution >= 4 is 5.91 Å². The van der Waals surface area contributed by atoms with Crippen molar-refractivity contribution in [1.29, 1.82) is 0 Å². The summed E-state index contributed by atoms with van der Waals surface area (Å²) in [7, 11) is 0. The van der Waals surface area contributed by atoms with Gasteiger partial charge in [-0.05, 0) is 41.2 Å². The number of carbonyl (C=O) groups is 1. The molecule has 1 heterocycles. The first kappa shape index (κ1) is 16.9. The molecule has 0 saturated carbocycles. The summed E-state index contributed by atoms with van der Waals surface area (Å²) >= 11 is 0. The predicted molar refractivity (Wildman–Crippen MR) is 99.8 cm³/mol. The van der Waals surface area contributed by atoms with Crippen LogP contribution in [0.1, 0.15) is 28.7 Å². The van der Waals surface area contributed by atoms with E-state index in [0.717, 1.165) is 23.5 Å². The monoisotopic (exact) mass is 329 g/mol. The van der Waals surface area contributed by atoms with E-state index < -0.39 is 0 Å². The van der Waals surface area contributed by atoms with Crippen molar-refractivity contribution in [3.05, 3.63) is 107 Å². The number of hydrogen-bond acceptors (Lipinski definition) is 2. The number of hydrogen-bond donors (Lipinski definition) is 1. The average molecular weight is 329 g/mol. The molecule has 3 heteroatoms. The molecule has 0 aliphatic rings. The molecule has 3 aromatic rings. The molecular formula is C22H21N2O. The topological polar surface area (TPSA) is 56.0 Å². The lowest BCUT2D eigenvalue weighted by molar-refractivity contribution is -0.117. The molecule has 0 fully saturated rings. The molecule has 1 amide bonds. The highest BCUT2D eigenvalue weighted by molar-refractivity contribution is 5.77. The minimum absolute atomic E-state index is 0.263. The zero-order valence-corrected chi connectivity index (χ0v) is 14.1. The lowest BCUT2D eigenvalue weighted by Gasteiger charge is -2.19. The Kier molecular flexibility index (Phi) is 5.57. The summed E-state index contributed by atoms with van der Waals surface area (Å²) < 4.78 is 0. The number of pyridine rings is 1. The molecule has 0 saturated heterocycles. The number of carbonyl (C=O) groups excluding carboxylic acids is 1. The highest BCUT2D eigenvalue weighted by Gasteiger charge is 2.19. The van der Waals surface area contributed by atoms with Gasteiger partial charge < -0.3 is 5.73 Å².